The van der Waals surface area contributed by atoms with E-state index < -0.39 is 68.8 Å². The van der Waals surface area contributed by atoms with Gasteiger partial charge >= 0.3 is 12.2 Å². The molecular weight excluding hydrogens is 772 g/mol. The number of nitrogens with zero attached hydrogens (tertiary/aromatic N) is 6. The minimum atomic E-state index is -5.16. The minimum Gasteiger partial charge on any atom is -0.461 e. The van der Waals surface area contributed by atoms with E-state index in [1.807, 2.05) is 11.0 Å². The van der Waals surface area contributed by atoms with Crippen LogP contribution in [0.5, 0.6) is 6.01 Å². The van der Waals surface area contributed by atoms with Crippen LogP contribution in [0.3, 0.4) is 0 Å². The predicted molar refractivity (Wildman–Crippen MR) is 195 cm³/mol. The third-order valence-corrected chi connectivity index (χ3v) is 12.8. The number of likely N-dealkylation sites (tertiary alicyclic amines) is 1. The maximum Gasteiger partial charge on any atom is 0.417 e. The van der Waals surface area contributed by atoms with Gasteiger partial charge in [-0.1, -0.05) is 6.07 Å². The van der Waals surface area contributed by atoms with Crippen LogP contribution in [0.15, 0.2) is 30.3 Å². The SMILES string of the molecule is CCN(c1nc(OCC23CCCN2CC(F)C3)nc2c(F)c(-c3ccc(F)c4sc(N)c(C#N)c34)c(C(F)(F)F)cc12)C1CCN(C(=O)c2ccc(F)s2)C1. The van der Waals surface area contributed by atoms with E-state index in [1.165, 1.54) is 17.0 Å². The highest BCUT2D eigenvalue weighted by molar-refractivity contribution is 7.23. The molecule has 9 nitrogen and oxygen atoms in total. The Hall–Kier alpha value is -4.73. The van der Waals surface area contributed by atoms with Crippen molar-refractivity contribution in [1.29, 1.82) is 5.26 Å². The van der Waals surface area contributed by atoms with Crippen LogP contribution < -0.4 is 15.4 Å². The Bertz CT molecular complexity index is 2400. The predicted octanol–water partition coefficient (Wildman–Crippen LogP) is 8.16. The number of carbonyl (C=O) groups excluding carboxylic acids is 1. The summed E-state index contributed by atoms with van der Waals surface area (Å²) in [4.78, 5) is 27.5. The molecule has 8 rings (SSSR count). The number of hydrogen-bond donors (Lipinski definition) is 1. The first kappa shape index (κ1) is 37.2. The van der Waals surface area contributed by atoms with E-state index in [4.69, 9.17) is 10.5 Å². The molecule has 0 radical (unpaired) electrons. The van der Waals surface area contributed by atoms with Crippen molar-refractivity contribution in [3.05, 3.63) is 63.1 Å². The number of amides is 1. The zero-order valence-corrected chi connectivity index (χ0v) is 30.8. The number of nitrogen functional groups attached to an aromatic ring is 1. The smallest absolute Gasteiger partial charge is 0.417 e. The molecule has 3 aliphatic rings. The molecule has 3 saturated heterocycles. The summed E-state index contributed by atoms with van der Waals surface area (Å²) in [6, 6.07) is 6.14. The number of nitrogens with two attached hydrogens (primary N) is 1. The van der Waals surface area contributed by atoms with E-state index in [1.54, 1.807) is 11.8 Å². The van der Waals surface area contributed by atoms with E-state index in [-0.39, 0.29) is 81.9 Å². The van der Waals surface area contributed by atoms with Crippen LogP contribution in [-0.2, 0) is 6.18 Å². The number of benzene rings is 2. The largest absolute Gasteiger partial charge is 0.461 e. The minimum absolute atomic E-state index is 0.0546. The fourth-order valence-electron chi connectivity index (χ4n) is 8.46. The van der Waals surface area contributed by atoms with Crippen LogP contribution in [0.1, 0.15) is 53.4 Å². The second-order valence-electron chi connectivity index (χ2n) is 14.0. The quantitative estimate of drug-likeness (QED) is 0.157. The second kappa shape index (κ2) is 13.8. The summed E-state index contributed by atoms with van der Waals surface area (Å²) in [5.74, 6) is -2.75. The Morgan fingerprint density at radius 3 is 2.65 bits per heavy atom. The lowest BCUT2D eigenvalue weighted by molar-refractivity contribution is -0.137. The Balaban J connectivity index is 1.30. The lowest BCUT2D eigenvalue weighted by Crippen LogP contribution is -2.43. The highest BCUT2D eigenvalue weighted by atomic mass is 32.1. The molecule has 5 aromatic rings. The van der Waals surface area contributed by atoms with Gasteiger partial charge < -0.3 is 20.3 Å². The third-order valence-electron chi connectivity index (χ3n) is 10.9. The Kier molecular flexibility index (Phi) is 9.32. The van der Waals surface area contributed by atoms with Gasteiger partial charge in [-0.3, -0.25) is 9.69 Å². The van der Waals surface area contributed by atoms with Crippen LogP contribution >= 0.6 is 22.7 Å². The van der Waals surface area contributed by atoms with Gasteiger partial charge in [0.1, 0.15) is 41.0 Å². The number of rotatable bonds is 8. The summed E-state index contributed by atoms with van der Waals surface area (Å²) >= 11 is 1.36. The lowest BCUT2D eigenvalue weighted by Gasteiger charge is -2.32. The van der Waals surface area contributed by atoms with Crippen molar-refractivity contribution in [3.8, 4) is 23.2 Å². The van der Waals surface area contributed by atoms with Gasteiger partial charge in [0.2, 0.25) is 0 Å². The van der Waals surface area contributed by atoms with Crippen molar-refractivity contribution < 1.29 is 40.3 Å². The molecule has 0 aliphatic carbocycles. The number of halogens is 7. The fraction of sp³-hybridized carbons (Fsp3) is 0.405. The van der Waals surface area contributed by atoms with Crippen LogP contribution in [0, 0.1) is 28.1 Å². The zero-order chi connectivity index (χ0) is 39.0. The van der Waals surface area contributed by atoms with Crippen molar-refractivity contribution in [3.63, 3.8) is 0 Å². The summed E-state index contributed by atoms with van der Waals surface area (Å²) in [5.41, 5.74) is 1.71. The fourth-order valence-corrected chi connectivity index (χ4v) is 10.1. The second-order valence-corrected chi connectivity index (χ2v) is 16.1. The monoisotopic (exact) mass is 803 g/mol. The Labute approximate surface area is 317 Å². The number of alkyl halides is 4. The average molecular weight is 804 g/mol. The molecule has 0 saturated carbocycles. The molecular formula is C37H32F7N7O2S2. The third kappa shape index (κ3) is 6.29. The van der Waals surface area contributed by atoms with Crippen molar-refractivity contribution in [2.24, 2.45) is 0 Å². The van der Waals surface area contributed by atoms with E-state index in [0.717, 1.165) is 24.6 Å². The van der Waals surface area contributed by atoms with Crippen LogP contribution in [-0.4, -0.2) is 82.8 Å². The first-order chi connectivity index (χ1) is 26.2. The van der Waals surface area contributed by atoms with E-state index in [2.05, 4.69) is 9.97 Å². The Morgan fingerprint density at radius 1 is 1.15 bits per heavy atom. The topological polar surface area (TPSA) is 112 Å². The van der Waals surface area contributed by atoms with E-state index in [0.29, 0.717) is 42.1 Å². The molecule has 55 heavy (non-hydrogen) atoms. The van der Waals surface area contributed by atoms with Gasteiger partial charge in [-0.2, -0.15) is 32.8 Å². The number of ether oxygens (including phenoxy) is 1. The molecule has 18 heteroatoms. The van der Waals surface area contributed by atoms with Gasteiger partial charge in [-0.15, -0.1) is 22.7 Å². The normalized spacial score (nSPS) is 21.5. The summed E-state index contributed by atoms with van der Waals surface area (Å²) < 4.78 is 112. The number of aromatic nitrogens is 2. The maximum absolute atomic E-state index is 17.3. The molecule has 0 spiro atoms. The molecule has 3 aliphatic heterocycles. The van der Waals surface area contributed by atoms with Crippen molar-refractivity contribution in [1.82, 2.24) is 19.8 Å². The van der Waals surface area contributed by atoms with Gasteiger partial charge in [0.25, 0.3) is 5.91 Å². The molecule has 2 N–H and O–H groups in total. The van der Waals surface area contributed by atoms with Crippen LogP contribution in [0.2, 0.25) is 0 Å². The highest BCUT2D eigenvalue weighted by Crippen LogP contribution is 2.48. The highest BCUT2D eigenvalue weighted by Gasteiger charge is 2.49. The molecule has 0 bridgehead atoms. The molecule has 6 heterocycles. The van der Waals surface area contributed by atoms with Gasteiger partial charge in [0.05, 0.1) is 26.2 Å². The molecule has 3 atom stereocenters. The first-order valence-electron chi connectivity index (χ1n) is 17.6. The number of likely N-dealkylation sites (N-methyl/N-ethyl adjacent to an activating group) is 1. The lowest BCUT2D eigenvalue weighted by atomic mass is 9.92. The number of anilines is 2. The van der Waals surface area contributed by atoms with Gasteiger partial charge in [0, 0.05) is 55.0 Å². The molecule has 3 unspecified atom stereocenters. The average Bonchev–Trinajstić information content (AvgIpc) is 3.97. The summed E-state index contributed by atoms with van der Waals surface area (Å²) in [5, 5.41) is 8.64. The van der Waals surface area contributed by atoms with Crippen LogP contribution in [0.25, 0.3) is 32.1 Å². The van der Waals surface area contributed by atoms with Crippen molar-refractivity contribution in [2.75, 3.05) is 50.0 Å². The summed E-state index contributed by atoms with van der Waals surface area (Å²) in [7, 11) is 0. The summed E-state index contributed by atoms with van der Waals surface area (Å²) in [6.45, 7) is 3.10. The van der Waals surface area contributed by atoms with E-state index in [9.17, 15) is 18.8 Å². The standard InChI is InChI=1S/C37H32F7N7O2S2/c1-2-51(19-8-11-49(16-19)34(52)25-6-7-26(40)54-25)33-21-12-23(37(42,43)44)28(20-4-5-24(39)31-27(20)22(14-45)32(46)55-31)29(41)30(21)47-35(48-33)53-17-36-9-3-10-50(36)15-18(38)13-36/h4-7,12,18-19H,2-3,8-11,13,15-17,46H2,1H3. The van der Waals surface area contributed by atoms with Gasteiger partial charge in [-0.05, 0) is 62.6 Å². The number of nitriles is 1. The number of carbonyl (C=O) groups is 1. The van der Waals surface area contributed by atoms with E-state index >= 15 is 22.0 Å². The van der Waals surface area contributed by atoms with Crippen molar-refractivity contribution in [2.45, 2.75) is 56.5 Å². The van der Waals surface area contributed by atoms with Crippen LogP contribution in [0.4, 0.5) is 41.6 Å². The molecule has 3 aromatic heterocycles. The molecule has 3 fully saturated rings. The maximum atomic E-state index is 17.3. The first-order valence-corrected chi connectivity index (χ1v) is 19.2. The number of thiophene rings is 2. The molecule has 1 amide bonds. The van der Waals surface area contributed by atoms with Crippen molar-refractivity contribution >= 4 is 60.4 Å². The number of hydrogen-bond acceptors (Lipinski definition) is 10. The molecule has 288 valence electrons. The molecule has 2 aromatic carbocycles. The van der Waals surface area contributed by atoms with Gasteiger partial charge in [0.15, 0.2) is 10.9 Å². The zero-order valence-electron chi connectivity index (χ0n) is 29.2. The summed E-state index contributed by atoms with van der Waals surface area (Å²) in [6.07, 6.45) is -4.24. The number of fused-ring (bicyclic) bond motifs is 3. The Morgan fingerprint density at radius 2 is 1.95 bits per heavy atom. The van der Waals surface area contributed by atoms with Gasteiger partial charge in [-0.25, -0.2) is 13.2 Å².